The lowest BCUT2D eigenvalue weighted by atomic mass is 9.50. The molecule has 0 radical (unpaired) electrons. The second-order valence-corrected chi connectivity index (χ2v) is 12.0. The molecule has 4 rings (SSSR count). The number of aliphatic hydroxyl groups is 1. The van der Waals surface area contributed by atoms with Gasteiger partial charge in [-0.05, 0) is 50.5 Å². The smallest absolute Gasteiger partial charge is 0.331 e. The number of carbonyl (C=O) groups is 3. The van der Waals surface area contributed by atoms with Crippen LogP contribution in [0.25, 0.3) is 0 Å². The molecule has 0 aromatic carbocycles. The minimum Gasteiger partial charge on any atom is -0.469 e. The second-order valence-electron chi connectivity index (χ2n) is 12.0. The van der Waals surface area contributed by atoms with Crippen LogP contribution >= 0.6 is 0 Å². The summed E-state index contributed by atoms with van der Waals surface area (Å²) in [5.74, 6) is -4.30. The first kappa shape index (κ1) is 27.1. The van der Waals surface area contributed by atoms with Crippen molar-refractivity contribution in [2.45, 2.75) is 96.9 Å². The van der Waals surface area contributed by atoms with E-state index < -0.39 is 58.4 Å². The van der Waals surface area contributed by atoms with Gasteiger partial charge in [0, 0.05) is 37.4 Å². The first-order valence-electron chi connectivity index (χ1n) is 12.8. The van der Waals surface area contributed by atoms with E-state index in [1.54, 1.807) is 14.0 Å². The molecule has 2 heterocycles. The Hall–Kier alpha value is -1.97. The highest BCUT2D eigenvalue weighted by Gasteiger charge is 2.74. The van der Waals surface area contributed by atoms with Crippen LogP contribution < -0.4 is 0 Å². The zero-order valence-electron chi connectivity index (χ0n) is 22.6. The van der Waals surface area contributed by atoms with E-state index in [0.717, 1.165) is 12.0 Å². The molecule has 2 saturated carbocycles. The fourth-order valence-corrected chi connectivity index (χ4v) is 7.62. The van der Waals surface area contributed by atoms with Crippen molar-refractivity contribution in [2.24, 2.45) is 28.6 Å². The summed E-state index contributed by atoms with van der Waals surface area (Å²) in [5.41, 5.74) is -1.70. The number of carbonyl (C=O) groups excluding carboxylic acids is 3. The van der Waals surface area contributed by atoms with Crippen molar-refractivity contribution >= 4 is 17.9 Å². The number of esters is 3. The molecule has 9 nitrogen and oxygen atoms in total. The maximum Gasteiger partial charge on any atom is 0.331 e. The third-order valence-electron chi connectivity index (χ3n) is 9.72. The number of ether oxygens (including phenoxy) is 5. The number of cyclic esters (lactones) is 1. The highest BCUT2D eigenvalue weighted by atomic mass is 16.7. The Morgan fingerprint density at radius 3 is 2.42 bits per heavy atom. The van der Waals surface area contributed by atoms with Gasteiger partial charge in [-0.3, -0.25) is 9.59 Å². The molecule has 0 amide bonds. The third-order valence-corrected chi connectivity index (χ3v) is 9.72. The molecule has 4 aliphatic rings. The van der Waals surface area contributed by atoms with E-state index in [-0.39, 0.29) is 24.2 Å². The average Bonchev–Trinajstić information content (AvgIpc) is 3.02. The lowest BCUT2D eigenvalue weighted by Crippen LogP contribution is -2.64. The fraction of sp³-hybridized carbons (Fsp3) is 0.815. The van der Waals surface area contributed by atoms with Crippen molar-refractivity contribution in [3.63, 3.8) is 0 Å². The first-order chi connectivity index (χ1) is 16.6. The predicted molar refractivity (Wildman–Crippen MR) is 127 cm³/mol. The number of fused-ring (bicyclic) bond motifs is 2. The van der Waals surface area contributed by atoms with Gasteiger partial charge < -0.3 is 28.8 Å². The van der Waals surface area contributed by atoms with E-state index in [4.69, 9.17) is 23.7 Å². The van der Waals surface area contributed by atoms with Crippen LogP contribution in [0.5, 0.6) is 0 Å². The molecule has 1 N–H and O–H groups in total. The highest BCUT2D eigenvalue weighted by molar-refractivity contribution is 5.85. The van der Waals surface area contributed by atoms with Crippen molar-refractivity contribution in [1.82, 2.24) is 0 Å². The van der Waals surface area contributed by atoms with Crippen LogP contribution in [0.2, 0.25) is 0 Å². The lowest BCUT2D eigenvalue weighted by Gasteiger charge is -2.58. The summed E-state index contributed by atoms with van der Waals surface area (Å²) in [5, 5.41) is 11.9. The van der Waals surface area contributed by atoms with Crippen molar-refractivity contribution < 1.29 is 43.2 Å². The molecule has 9 atom stereocenters. The number of rotatable bonds is 4. The Morgan fingerprint density at radius 2 is 1.83 bits per heavy atom. The zero-order chi connectivity index (χ0) is 26.8. The largest absolute Gasteiger partial charge is 0.469 e. The summed E-state index contributed by atoms with van der Waals surface area (Å²) < 4.78 is 29.4. The number of hydrogen-bond acceptors (Lipinski definition) is 9. The van der Waals surface area contributed by atoms with Crippen molar-refractivity contribution in [3.05, 3.63) is 11.6 Å². The highest BCUT2D eigenvalue weighted by Crippen LogP contribution is 2.66. The fourth-order valence-electron chi connectivity index (χ4n) is 7.62. The van der Waals surface area contributed by atoms with E-state index in [1.807, 2.05) is 20.8 Å². The molecule has 202 valence electrons. The van der Waals surface area contributed by atoms with Gasteiger partial charge in [0.1, 0.15) is 23.9 Å². The van der Waals surface area contributed by atoms with Crippen molar-refractivity contribution in [3.8, 4) is 0 Å². The van der Waals surface area contributed by atoms with Crippen molar-refractivity contribution in [2.75, 3.05) is 14.2 Å². The van der Waals surface area contributed by atoms with Crippen LogP contribution in [0, 0.1) is 28.6 Å². The Labute approximate surface area is 212 Å². The van der Waals surface area contributed by atoms with Gasteiger partial charge >= 0.3 is 17.9 Å². The van der Waals surface area contributed by atoms with E-state index in [2.05, 4.69) is 6.92 Å². The SMILES string of the molecule is COC(=O)CC1CC2CC[C@]3(C)C(=CC(=O)O[C@H]3C)[C@@]23O[C@](C)(O)[C@H](C(OC(C)=O)C1(C)C)[C@H]3OC. The van der Waals surface area contributed by atoms with Crippen LogP contribution in [0.1, 0.15) is 67.2 Å². The molecule has 3 unspecified atom stereocenters. The molecule has 0 aromatic heterocycles. The molecule has 2 aliphatic carbocycles. The Bertz CT molecular complexity index is 968. The van der Waals surface area contributed by atoms with Crippen LogP contribution in [0.15, 0.2) is 11.6 Å². The van der Waals surface area contributed by atoms with E-state index >= 15 is 0 Å². The first-order valence-corrected chi connectivity index (χ1v) is 12.8. The molecule has 2 aliphatic heterocycles. The van der Waals surface area contributed by atoms with Gasteiger partial charge in [0.15, 0.2) is 5.79 Å². The molecule has 3 fully saturated rings. The summed E-state index contributed by atoms with van der Waals surface area (Å²) in [7, 11) is 2.91. The summed E-state index contributed by atoms with van der Waals surface area (Å²) in [6.45, 7) is 10.7. The molecule has 0 aromatic rings. The summed E-state index contributed by atoms with van der Waals surface area (Å²) in [6.07, 6.45) is 1.64. The summed E-state index contributed by atoms with van der Waals surface area (Å²) in [6, 6.07) is 0. The second kappa shape index (κ2) is 8.81. The Kier molecular flexibility index (Phi) is 6.62. The zero-order valence-corrected chi connectivity index (χ0v) is 22.6. The van der Waals surface area contributed by atoms with E-state index in [1.165, 1.54) is 20.1 Å². The predicted octanol–water partition coefficient (Wildman–Crippen LogP) is 2.92. The Morgan fingerprint density at radius 1 is 1.17 bits per heavy atom. The standard InChI is InChI=1S/C27H40O9/c1-14-25(5)10-9-16-11-17(12-19(29)32-7)24(3,4)22(35-15(2)28)21-23(33-8)27(16,36-26(21,6)31)18(25)13-20(30)34-14/h13-14,16-17,21-23,31H,9-12H2,1-8H3/t14-,16?,17?,21+,22?,23+,25-,26-,27-/m0/s1. The van der Waals surface area contributed by atoms with Gasteiger partial charge in [-0.1, -0.05) is 20.8 Å². The summed E-state index contributed by atoms with van der Waals surface area (Å²) in [4.78, 5) is 37.6. The molecular weight excluding hydrogens is 468 g/mol. The number of methoxy groups -OCH3 is 2. The third kappa shape index (κ3) is 3.80. The molecule has 36 heavy (non-hydrogen) atoms. The molecule has 1 saturated heterocycles. The van der Waals surface area contributed by atoms with E-state index in [9.17, 15) is 19.5 Å². The maximum atomic E-state index is 12.7. The van der Waals surface area contributed by atoms with Crippen LogP contribution in [-0.4, -0.2) is 66.9 Å². The van der Waals surface area contributed by atoms with Crippen LogP contribution in [0.4, 0.5) is 0 Å². The van der Waals surface area contributed by atoms with Gasteiger partial charge in [-0.15, -0.1) is 0 Å². The normalized spacial score (nSPS) is 45.2. The van der Waals surface area contributed by atoms with Gasteiger partial charge in [0.2, 0.25) is 0 Å². The van der Waals surface area contributed by atoms with Crippen LogP contribution in [-0.2, 0) is 38.1 Å². The quantitative estimate of drug-likeness (QED) is 0.452. The van der Waals surface area contributed by atoms with Gasteiger partial charge in [0.25, 0.3) is 0 Å². The topological polar surface area (TPSA) is 118 Å². The lowest BCUT2D eigenvalue weighted by molar-refractivity contribution is -0.250. The van der Waals surface area contributed by atoms with E-state index in [0.29, 0.717) is 12.8 Å². The van der Waals surface area contributed by atoms with Gasteiger partial charge in [-0.25, -0.2) is 4.79 Å². The van der Waals surface area contributed by atoms with Crippen molar-refractivity contribution in [1.29, 1.82) is 0 Å². The Balaban J connectivity index is 1.98. The maximum absolute atomic E-state index is 12.7. The van der Waals surface area contributed by atoms with Crippen LogP contribution in [0.3, 0.4) is 0 Å². The molecular formula is C27H40O9. The monoisotopic (exact) mass is 508 g/mol. The van der Waals surface area contributed by atoms with Gasteiger partial charge in [0.05, 0.1) is 13.0 Å². The number of hydrogen-bond donors (Lipinski definition) is 1. The molecule has 9 heteroatoms. The average molecular weight is 509 g/mol. The summed E-state index contributed by atoms with van der Waals surface area (Å²) >= 11 is 0. The molecule has 2 bridgehead atoms. The van der Waals surface area contributed by atoms with Gasteiger partial charge in [-0.2, -0.15) is 0 Å². The minimum absolute atomic E-state index is 0.120. The molecule has 1 spiro atoms. The minimum atomic E-state index is -1.75.